The van der Waals surface area contributed by atoms with Crippen LogP contribution in [0.2, 0.25) is 0 Å². The first-order chi connectivity index (χ1) is 12.4. The van der Waals surface area contributed by atoms with Gasteiger partial charge in [-0.15, -0.1) is 0 Å². The molecule has 2 aromatic carbocycles. The molecule has 1 heterocycles. The van der Waals surface area contributed by atoms with E-state index >= 15 is 0 Å². The van der Waals surface area contributed by atoms with E-state index < -0.39 is 12.6 Å². The Morgan fingerprint density at radius 3 is 2.31 bits per heavy atom. The molecule has 3 aromatic rings. The third kappa shape index (κ3) is 3.26. The van der Waals surface area contributed by atoms with Crippen molar-refractivity contribution in [1.29, 1.82) is 0 Å². The van der Waals surface area contributed by atoms with Crippen molar-refractivity contribution in [3.63, 3.8) is 0 Å². The van der Waals surface area contributed by atoms with E-state index in [2.05, 4.69) is 10.2 Å². The largest absolute Gasteiger partial charge is 0.452 e. The second kappa shape index (κ2) is 6.92. The summed E-state index contributed by atoms with van der Waals surface area (Å²) in [6.07, 6.45) is 0. The van der Waals surface area contributed by atoms with Gasteiger partial charge in [-0.1, -0.05) is 35.9 Å². The number of aryl methyl sites for hydroxylation is 3. The van der Waals surface area contributed by atoms with Crippen LogP contribution >= 0.6 is 0 Å². The normalized spacial score (nSPS) is 10.7. The maximum absolute atomic E-state index is 12.5. The van der Waals surface area contributed by atoms with E-state index in [-0.39, 0.29) is 17.0 Å². The van der Waals surface area contributed by atoms with Gasteiger partial charge in [0.2, 0.25) is 5.78 Å². The fraction of sp³-hybridized carbons (Fsp3) is 0.200. The Morgan fingerprint density at radius 1 is 1.04 bits per heavy atom. The number of Topliss-reactive ketones (excluding diaryl/α,β-unsaturated/α-hetero) is 1. The molecule has 0 aliphatic carbocycles. The molecule has 0 spiro atoms. The Kier molecular flexibility index (Phi) is 4.67. The monoisotopic (exact) mass is 350 g/mol. The second-order valence-electron chi connectivity index (χ2n) is 6.22. The SMILES string of the molecule is Cc1cc(C)c(C(=O)COC(=O)c2n[nH]c(=O)c3ccccc23)c(C)c1. The predicted octanol–water partition coefficient (Wildman–Crippen LogP) is 2.89. The van der Waals surface area contributed by atoms with Crippen molar-refractivity contribution in [2.75, 3.05) is 6.61 Å². The first-order valence-corrected chi connectivity index (χ1v) is 8.14. The van der Waals surface area contributed by atoms with Crippen molar-refractivity contribution < 1.29 is 14.3 Å². The minimum atomic E-state index is -0.756. The van der Waals surface area contributed by atoms with Crippen LogP contribution in [0.1, 0.15) is 37.5 Å². The molecule has 1 N–H and O–H groups in total. The lowest BCUT2D eigenvalue weighted by Crippen LogP contribution is -2.19. The number of carbonyl (C=O) groups excluding carboxylic acids is 2. The number of aromatic nitrogens is 2. The molecule has 0 aliphatic rings. The standard InChI is InChI=1S/C20H18N2O4/c1-11-8-12(2)17(13(3)9-11)16(23)10-26-20(25)18-14-6-4-5-7-15(14)19(24)22-21-18/h4-9H,10H2,1-3H3,(H,22,24). The second-order valence-corrected chi connectivity index (χ2v) is 6.22. The zero-order chi connectivity index (χ0) is 18.8. The Morgan fingerprint density at radius 2 is 1.65 bits per heavy atom. The summed E-state index contributed by atoms with van der Waals surface area (Å²) in [5.41, 5.74) is 2.90. The van der Waals surface area contributed by atoms with E-state index in [9.17, 15) is 14.4 Å². The fourth-order valence-corrected chi connectivity index (χ4v) is 3.16. The van der Waals surface area contributed by atoms with Crippen molar-refractivity contribution in [3.8, 4) is 0 Å². The summed E-state index contributed by atoms with van der Waals surface area (Å²) < 4.78 is 5.16. The van der Waals surface area contributed by atoms with E-state index in [0.717, 1.165) is 16.7 Å². The van der Waals surface area contributed by atoms with E-state index in [1.165, 1.54) is 0 Å². The van der Waals surface area contributed by atoms with Crippen LogP contribution in [0.5, 0.6) is 0 Å². The molecule has 0 bridgehead atoms. The van der Waals surface area contributed by atoms with E-state index in [1.54, 1.807) is 24.3 Å². The number of ether oxygens (including phenoxy) is 1. The van der Waals surface area contributed by atoms with Crippen molar-refractivity contribution in [2.24, 2.45) is 0 Å². The molecule has 132 valence electrons. The smallest absolute Gasteiger partial charge is 0.359 e. The lowest BCUT2D eigenvalue weighted by Gasteiger charge is -2.11. The quantitative estimate of drug-likeness (QED) is 0.577. The van der Waals surface area contributed by atoms with Gasteiger partial charge in [0.25, 0.3) is 5.56 Å². The van der Waals surface area contributed by atoms with E-state index in [4.69, 9.17) is 4.74 Å². The molecule has 0 saturated heterocycles. The average molecular weight is 350 g/mol. The molecule has 3 rings (SSSR count). The van der Waals surface area contributed by atoms with Crippen molar-refractivity contribution in [3.05, 3.63) is 74.7 Å². The lowest BCUT2D eigenvalue weighted by atomic mass is 9.97. The van der Waals surface area contributed by atoms with Gasteiger partial charge in [0.15, 0.2) is 12.3 Å². The molecule has 1 aromatic heterocycles. The summed E-state index contributed by atoms with van der Waals surface area (Å²) in [5, 5.41) is 6.78. The summed E-state index contributed by atoms with van der Waals surface area (Å²) in [6, 6.07) is 10.4. The molecule has 0 saturated carbocycles. The third-order valence-electron chi connectivity index (χ3n) is 4.18. The van der Waals surface area contributed by atoms with Crippen LogP contribution in [-0.2, 0) is 4.74 Å². The number of hydrogen-bond donors (Lipinski definition) is 1. The number of hydrogen-bond acceptors (Lipinski definition) is 5. The summed E-state index contributed by atoms with van der Waals surface area (Å²) in [5.74, 6) is -1.03. The predicted molar refractivity (Wildman–Crippen MR) is 97.6 cm³/mol. The molecule has 0 fully saturated rings. The summed E-state index contributed by atoms with van der Waals surface area (Å²) in [7, 11) is 0. The van der Waals surface area contributed by atoms with Gasteiger partial charge >= 0.3 is 5.97 Å². The molecule has 0 amide bonds. The van der Waals surface area contributed by atoms with E-state index in [0.29, 0.717) is 16.3 Å². The van der Waals surface area contributed by atoms with Gasteiger partial charge in [-0.3, -0.25) is 9.59 Å². The number of benzene rings is 2. The average Bonchev–Trinajstić information content (AvgIpc) is 2.59. The Balaban J connectivity index is 1.83. The van der Waals surface area contributed by atoms with Crippen molar-refractivity contribution in [2.45, 2.75) is 20.8 Å². The van der Waals surface area contributed by atoms with Gasteiger partial charge < -0.3 is 4.74 Å². The number of nitrogens with zero attached hydrogens (tertiary/aromatic N) is 1. The van der Waals surface area contributed by atoms with Crippen LogP contribution in [0.15, 0.2) is 41.2 Å². The highest BCUT2D eigenvalue weighted by Gasteiger charge is 2.19. The van der Waals surface area contributed by atoms with E-state index in [1.807, 2.05) is 32.9 Å². The molecule has 6 nitrogen and oxygen atoms in total. The van der Waals surface area contributed by atoms with Crippen molar-refractivity contribution in [1.82, 2.24) is 10.2 Å². The number of H-pyrrole nitrogens is 1. The summed E-state index contributed by atoms with van der Waals surface area (Å²) in [4.78, 5) is 36.6. The number of carbonyl (C=O) groups is 2. The van der Waals surface area contributed by atoms with Crippen LogP contribution in [0, 0.1) is 20.8 Å². The lowest BCUT2D eigenvalue weighted by molar-refractivity contribution is 0.0469. The molecular formula is C20H18N2O4. The fourth-order valence-electron chi connectivity index (χ4n) is 3.16. The Bertz CT molecular complexity index is 1060. The van der Waals surface area contributed by atoms with Gasteiger partial charge in [0.1, 0.15) is 0 Å². The molecule has 26 heavy (non-hydrogen) atoms. The van der Waals surface area contributed by atoms with Crippen LogP contribution in [-0.4, -0.2) is 28.6 Å². The summed E-state index contributed by atoms with van der Waals surface area (Å²) in [6.45, 7) is 5.28. The maximum atomic E-state index is 12.5. The number of ketones is 1. The Labute approximate surface area is 149 Å². The van der Waals surface area contributed by atoms with Crippen LogP contribution in [0.3, 0.4) is 0 Å². The molecular weight excluding hydrogens is 332 g/mol. The molecule has 0 aliphatic heterocycles. The van der Waals surface area contributed by atoms with Gasteiger partial charge in [-0.2, -0.15) is 5.10 Å². The van der Waals surface area contributed by atoms with Gasteiger partial charge in [-0.25, -0.2) is 9.89 Å². The Hall–Kier alpha value is -3.28. The third-order valence-corrected chi connectivity index (χ3v) is 4.18. The highest BCUT2D eigenvalue weighted by molar-refractivity contribution is 6.04. The molecule has 0 unspecified atom stereocenters. The maximum Gasteiger partial charge on any atom is 0.359 e. The van der Waals surface area contributed by atoms with Gasteiger partial charge in [0.05, 0.1) is 5.39 Å². The first-order valence-electron chi connectivity index (χ1n) is 8.14. The highest BCUT2D eigenvalue weighted by Crippen LogP contribution is 2.18. The van der Waals surface area contributed by atoms with Crippen LogP contribution < -0.4 is 5.56 Å². The van der Waals surface area contributed by atoms with Gasteiger partial charge in [0, 0.05) is 10.9 Å². The number of nitrogens with one attached hydrogen (secondary N) is 1. The first kappa shape index (κ1) is 17.5. The molecule has 0 radical (unpaired) electrons. The molecule has 0 atom stereocenters. The van der Waals surface area contributed by atoms with Crippen LogP contribution in [0.25, 0.3) is 10.8 Å². The zero-order valence-electron chi connectivity index (χ0n) is 14.8. The zero-order valence-corrected chi connectivity index (χ0v) is 14.8. The number of rotatable bonds is 4. The van der Waals surface area contributed by atoms with Gasteiger partial charge in [-0.05, 0) is 38.0 Å². The minimum absolute atomic E-state index is 0.0228. The topological polar surface area (TPSA) is 89.1 Å². The number of esters is 1. The number of fused-ring (bicyclic) bond motifs is 1. The highest BCUT2D eigenvalue weighted by atomic mass is 16.5. The van der Waals surface area contributed by atoms with Crippen LogP contribution in [0.4, 0.5) is 0 Å². The summed E-state index contributed by atoms with van der Waals surface area (Å²) >= 11 is 0. The number of aromatic amines is 1. The minimum Gasteiger partial charge on any atom is -0.452 e. The van der Waals surface area contributed by atoms with Crippen molar-refractivity contribution >= 4 is 22.5 Å². The molecule has 6 heteroatoms.